The molecule has 1 atom stereocenters. The Bertz CT molecular complexity index is 499. The highest BCUT2D eigenvalue weighted by molar-refractivity contribution is 6.31. The number of aliphatic hydroxyl groups is 1. The second-order valence-corrected chi connectivity index (χ2v) is 5.15. The SMILES string of the molecule is Cc1ccc(Cl)cc1C(=O)NCC(C)(O)CC(=O)O. The van der Waals surface area contributed by atoms with Gasteiger partial charge in [-0.1, -0.05) is 17.7 Å². The summed E-state index contributed by atoms with van der Waals surface area (Å²) in [7, 11) is 0. The molecule has 3 N–H and O–H groups in total. The first-order valence-corrected chi connectivity index (χ1v) is 6.07. The van der Waals surface area contributed by atoms with E-state index in [2.05, 4.69) is 5.32 Å². The van der Waals surface area contributed by atoms with Crippen LogP contribution in [-0.2, 0) is 4.79 Å². The van der Waals surface area contributed by atoms with Crippen molar-refractivity contribution in [1.29, 1.82) is 0 Å². The minimum absolute atomic E-state index is 0.149. The van der Waals surface area contributed by atoms with Crippen molar-refractivity contribution >= 4 is 23.5 Å². The first kappa shape index (κ1) is 15.5. The molecule has 0 aliphatic heterocycles. The molecule has 1 unspecified atom stereocenters. The van der Waals surface area contributed by atoms with Crippen LogP contribution in [0.25, 0.3) is 0 Å². The molecule has 0 radical (unpaired) electrons. The van der Waals surface area contributed by atoms with Gasteiger partial charge in [0.1, 0.15) is 0 Å². The first-order valence-electron chi connectivity index (χ1n) is 5.70. The molecule has 0 heterocycles. The average Bonchev–Trinajstić information content (AvgIpc) is 2.27. The van der Waals surface area contributed by atoms with E-state index in [4.69, 9.17) is 16.7 Å². The van der Waals surface area contributed by atoms with Gasteiger partial charge in [0.25, 0.3) is 5.91 Å². The molecule has 1 aromatic rings. The first-order chi connectivity index (χ1) is 8.71. The van der Waals surface area contributed by atoms with Gasteiger partial charge in [-0.05, 0) is 31.5 Å². The highest BCUT2D eigenvalue weighted by Crippen LogP contribution is 2.15. The van der Waals surface area contributed by atoms with Gasteiger partial charge in [0, 0.05) is 17.1 Å². The zero-order chi connectivity index (χ0) is 14.6. The Morgan fingerprint density at radius 3 is 2.63 bits per heavy atom. The number of hydrogen-bond acceptors (Lipinski definition) is 3. The maximum atomic E-state index is 11.9. The Morgan fingerprint density at radius 1 is 1.42 bits per heavy atom. The number of carboxylic acid groups (broad SMARTS) is 1. The average molecular weight is 286 g/mol. The fourth-order valence-electron chi connectivity index (χ4n) is 1.59. The summed E-state index contributed by atoms with van der Waals surface area (Å²) in [5, 5.41) is 21.3. The van der Waals surface area contributed by atoms with E-state index >= 15 is 0 Å². The molecule has 1 rings (SSSR count). The summed E-state index contributed by atoms with van der Waals surface area (Å²) in [4.78, 5) is 22.5. The molecule has 0 bridgehead atoms. The summed E-state index contributed by atoms with van der Waals surface area (Å²) in [5.41, 5.74) is -0.341. The van der Waals surface area contributed by atoms with Crippen LogP contribution < -0.4 is 5.32 Å². The van der Waals surface area contributed by atoms with Crippen LogP contribution in [-0.4, -0.2) is 34.2 Å². The number of aryl methyl sites for hydroxylation is 1. The molecule has 0 aromatic heterocycles. The van der Waals surface area contributed by atoms with Crippen LogP contribution in [0.3, 0.4) is 0 Å². The van der Waals surface area contributed by atoms with Crippen molar-refractivity contribution in [3.8, 4) is 0 Å². The van der Waals surface area contributed by atoms with Gasteiger partial charge >= 0.3 is 5.97 Å². The molecule has 6 heteroatoms. The number of amides is 1. The molecule has 0 aliphatic carbocycles. The van der Waals surface area contributed by atoms with Crippen LogP contribution in [0.15, 0.2) is 18.2 Å². The lowest BCUT2D eigenvalue weighted by molar-refractivity contribution is -0.141. The molecule has 0 aliphatic rings. The van der Waals surface area contributed by atoms with Crippen LogP contribution in [0.5, 0.6) is 0 Å². The minimum Gasteiger partial charge on any atom is -0.481 e. The van der Waals surface area contributed by atoms with Crippen LogP contribution in [0.4, 0.5) is 0 Å². The van der Waals surface area contributed by atoms with Crippen LogP contribution in [0.1, 0.15) is 29.3 Å². The maximum absolute atomic E-state index is 11.9. The van der Waals surface area contributed by atoms with Crippen molar-refractivity contribution in [1.82, 2.24) is 5.32 Å². The Balaban J connectivity index is 2.70. The van der Waals surface area contributed by atoms with Gasteiger partial charge in [-0.2, -0.15) is 0 Å². The van der Waals surface area contributed by atoms with E-state index in [1.807, 2.05) is 0 Å². The highest BCUT2D eigenvalue weighted by Gasteiger charge is 2.25. The van der Waals surface area contributed by atoms with Gasteiger partial charge in [-0.3, -0.25) is 9.59 Å². The molecule has 0 saturated heterocycles. The summed E-state index contributed by atoms with van der Waals surface area (Å²) in [6.45, 7) is 2.97. The molecular weight excluding hydrogens is 270 g/mol. The van der Waals surface area contributed by atoms with Crippen molar-refractivity contribution < 1.29 is 19.8 Å². The Hall–Kier alpha value is -1.59. The van der Waals surface area contributed by atoms with E-state index in [-0.39, 0.29) is 6.54 Å². The predicted molar refractivity (Wildman–Crippen MR) is 71.4 cm³/mol. The van der Waals surface area contributed by atoms with Gasteiger partial charge in [0.15, 0.2) is 0 Å². The number of aliphatic carboxylic acids is 1. The van der Waals surface area contributed by atoms with Crippen molar-refractivity contribution in [2.24, 2.45) is 0 Å². The quantitative estimate of drug-likeness (QED) is 0.767. The fraction of sp³-hybridized carbons (Fsp3) is 0.385. The van der Waals surface area contributed by atoms with E-state index in [1.54, 1.807) is 19.1 Å². The van der Waals surface area contributed by atoms with Crippen molar-refractivity contribution in [2.75, 3.05) is 6.54 Å². The lowest BCUT2D eigenvalue weighted by Crippen LogP contribution is -2.42. The predicted octanol–water partition coefficient (Wildman–Crippen LogP) is 1.60. The number of carboxylic acids is 1. The largest absolute Gasteiger partial charge is 0.481 e. The third kappa shape index (κ3) is 4.89. The summed E-state index contributed by atoms with van der Waals surface area (Å²) in [5.74, 6) is -1.52. The molecule has 5 nitrogen and oxygen atoms in total. The van der Waals surface area contributed by atoms with Gasteiger partial charge in [-0.15, -0.1) is 0 Å². The molecule has 1 amide bonds. The number of nitrogens with one attached hydrogen (secondary N) is 1. The van der Waals surface area contributed by atoms with Gasteiger partial charge in [0.05, 0.1) is 12.0 Å². The lowest BCUT2D eigenvalue weighted by atomic mass is 10.0. The number of carbonyl (C=O) groups is 2. The number of benzene rings is 1. The summed E-state index contributed by atoms with van der Waals surface area (Å²) in [6, 6.07) is 4.92. The number of rotatable bonds is 5. The van der Waals surface area contributed by atoms with Crippen LogP contribution >= 0.6 is 11.6 Å². The molecule has 0 saturated carbocycles. The van der Waals surface area contributed by atoms with Crippen molar-refractivity contribution in [3.63, 3.8) is 0 Å². The van der Waals surface area contributed by atoms with E-state index in [0.29, 0.717) is 10.6 Å². The molecule has 19 heavy (non-hydrogen) atoms. The minimum atomic E-state index is -1.49. The Labute approximate surface area is 116 Å². The molecule has 1 aromatic carbocycles. The van der Waals surface area contributed by atoms with Gasteiger partial charge in [0.2, 0.25) is 0 Å². The monoisotopic (exact) mass is 285 g/mol. The normalized spacial score (nSPS) is 13.7. The summed E-state index contributed by atoms with van der Waals surface area (Å²) >= 11 is 5.81. The topological polar surface area (TPSA) is 86.6 Å². The summed E-state index contributed by atoms with van der Waals surface area (Å²) < 4.78 is 0. The second-order valence-electron chi connectivity index (χ2n) is 4.71. The standard InChI is InChI=1S/C13H16ClNO4/c1-8-3-4-9(14)5-10(8)12(18)15-7-13(2,19)6-11(16)17/h3-5,19H,6-7H2,1-2H3,(H,15,18)(H,16,17). The van der Waals surface area contributed by atoms with Gasteiger partial charge in [-0.25, -0.2) is 0 Å². The third-order valence-corrected chi connectivity index (χ3v) is 2.84. The Kier molecular flexibility index (Phi) is 4.91. The molecular formula is C13H16ClNO4. The smallest absolute Gasteiger partial charge is 0.306 e. The van der Waals surface area contributed by atoms with E-state index in [1.165, 1.54) is 13.0 Å². The molecule has 104 valence electrons. The third-order valence-electron chi connectivity index (χ3n) is 2.61. The Morgan fingerprint density at radius 2 is 2.05 bits per heavy atom. The number of carbonyl (C=O) groups excluding carboxylic acids is 1. The van der Waals surface area contributed by atoms with E-state index in [0.717, 1.165) is 5.56 Å². The second kappa shape index (κ2) is 6.04. The van der Waals surface area contributed by atoms with Gasteiger partial charge < -0.3 is 15.5 Å². The van der Waals surface area contributed by atoms with Crippen molar-refractivity contribution in [2.45, 2.75) is 25.9 Å². The number of halogens is 1. The highest BCUT2D eigenvalue weighted by atomic mass is 35.5. The fourth-order valence-corrected chi connectivity index (χ4v) is 1.77. The van der Waals surface area contributed by atoms with E-state index in [9.17, 15) is 14.7 Å². The van der Waals surface area contributed by atoms with Crippen LogP contribution in [0, 0.1) is 6.92 Å². The zero-order valence-corrected chi connectivity index (χ0v) is 11.5. The lowest BCUT2D eigenvalue weighted by Gasteiger charge is -2.21. The van der Waals surface area contributed by atoms with Crippen molar-refractivity contribution in [3.05, 3.63) is 34.3 Å². The molecule has 0 spiro atoms. The van der Waals surface area contributed by atoms with E-state index < -0.39 is 23.9 Å². The maximum Gasteiger partial charge on any atom is 0.306 e. The number of hydrogen-bond donors (Lipinski definition) is 3. The molecule has 0 fully saturated rings. The summed E-state index contributed by atoms with van der Waals surface area (Å²) in [6.07, 6.45) is -0.443. The van der Waals surface area contributed by atoms with Crippen LogP contribution in [0.2, 0.25) is 5.02 Å². The zero-order valence-electron chi connectivity index (χ0n) is 10.7.